The molecule has 9 heteroatoms. The van der Waals surface area contributed by atoms with Gasteiger partial charge < -0.3 is 30.1 Å². The molecule has 9 nitrogen and oxygen atoms in total. The van der Waals surface area contributed by atoms with Gasteiger partial charge in [-0.05, 0) is 42.0 Å². The van der Waals surface area contributed by atoms with Crippen molar-refractivity contribution in [1.82, 2.24) is 9.97 Å². The Kier molecular flexibility index (Phi) is 5.55. The standard InChI is InChI=1S/C23H22N4O5/c1-29-15-6-4-12(5-7-15)19(28)17-10-16-13(8-14-11-26-23(25)27-22(14)24)9-18(30-2)21(31-3)20(16)32-17/h4-7,9-11H,8H2,1-3H3,(H4,24,25,26,27). The molecule has 0 amide bonds. The Balaban J connectivity index is 1.83. The van der Waals surface area contributed by atoms with E-state index in [9.17, 15) is 4.79 Å². The van der Waals surface area contributed by atoms with E-state index in [-0.39, 0.29) is 23.3 Å². The molecule has 2 heterocycles. The fraction of sp³-hybridized carbons (Fsp3) is 0.174. The number of carbonyl (C=O) groups is 1. The third-order valence-corrected chi connectivity index (χ3v) is 5.11. The minimum absolute atomic E-state index is 0.0967. The van der Waals surface area contributed by atoms with E-state index in [1.165, 1.54) is 14.2 Å². The number of nitrogens with two attached hydrogens (primary N) is 2. The summed E-state index contributed by atoms with van der Waals surface area (Å²) in [6, 6.07) is 10.3. The number of hydrogen-bond acceptors (Lipinski definition) is 9. The van der Waals surface area contributed by atoms with E-state index < -0.39 is 0 Å². The Hall–Kier alpha value is -4.27. The summed E-state index contributed by atoms with van der Waals surface area (Å²) >= 11 is 0. The molecule has 32 heavy (non-hydrogen) atoms. The zero-order valence-corrected chi connectivity index (χ0v) is 17.8. The predicted octanol–water partition coefficient (Wildman–Crippen LogP) is 3.23. The number of methoxy groups -OCH3 is 3. The third-order valence-electron chi connectivity index (χ3n) is 5.11. The van der Waals surface area contributed by atoms with Gasteiger partial charge in [-0.2, -0.15) is 4.98 Å². The number of anilines is 2. The second kappa shape index (κ2) is 8.46. The van der Waals surface area contributed by atoms with E-state index >= 15 is 0 Å². The lowest BCUT2D eigenvalue weighted by atomic mass is 10.0. The zero-order valence-electron chi connectivity index (χ0n) is 17.8. The van der Waals surface area contributed by atoms with Crippen LogP contribution in [0, 0.1) is 0 Å². The molecule has 0 fully saturated rings. The average Bonchev–Trinajstić information content (AvgIpc) is 3.25. The van der Waals surface area contributed by atoms with Crippen molar-refractivity contribution in [3.8, 4) is 17.2 Å². The van der Waals surface area contributed by atoms with Crippen LogP contribution in [0.1, 0.15) is 27.2 Å². The van der Waals surface area contributed by atoms with Gasteiger partial charge >= 0.3 is 0 Å². The smallest absolute Gasteiger partial charge is 0.228 e. The molecule has 0 radical (unpaired) electrons. The van der Waals surface area contributed by atoms with Crippen molar-refractivity contribution >= 4 is 28.5 Å². The second-order valence-corrected chi connectivity index (χ2v) is 7.00. The molecule has 0 saturated carbocycles. The molecule has 164 valence electrons. The van der Waals surface area contributed by atoms with Crippen LogP contribution in [0.2, 0.25) is 0 Å². The van der Waals surface area contributed by atoms with E-state index in [4.69, 9.17) is 30.1 Å². The summed E-state index contributed by atoms with van der Waals surface area (Å²) in [5, 5.41) is 0.690. The van der Waals surface area contributed by atoms with Gasteiger partial charge in [0.25, 0.3) is 0 Å². The molecule has 2 aromatic carbocycles. The van der Waals surface area contributed by atoms with Gasteiger partial charge in [-0.3, -0.25) is 4.79 Å². The summed E-state index contributed by atoms with van der Waals surface area (Å²) in [6.07, 6.45) is 1.95. The van der Waals surface area contributed by atoms with Gasteiger partial charge in [0.05, 0.1) is 21.3 Å². The average molecular weight is 434 g/mol. The first-order valence-electron chi connectivity index (χ1n) is 9.68. The minimum atomic E-state index is -0.272. The molecule has 0 aliphatic carbocycles. The van der Waals surface area contributed by atoms with Crippen LogP contribution in [0.15, 0.2) is 47.0 Å². The molecule has 0 spiro atoms. The summed E-state index contributed by atoms with van der Waals surface area (Å²) in [7, 11) is 4.60. The van der Waals surface area contributed by atoms with Crippen molar-refractivity contribution in [1.29, 1.82) is 0 Å². The van der Waals surface area contributed by atoms with Crippen molar-refractivity contribution < 1.29 is 23.4 Å². The van der Waals surface area contributed by atoms with Gasteiger partial charge in [0.1, 0.15) is 11.6 Å². The number of fused-ring (bicyclic) bond motifs is 1. The Labute approximate surface area is 183 Å². The number of carbonyl (C=O) groups excluding carboxylic acids is 1. The van der Waals surface area contributed by atoms with Gasteiger partial charge in [0.15, 0.2) is 17.1 Å². The molecule has 4 N–H and O–H groups in total. The summed E-state index contributed by atoms with van der Waals surface area (Å²) in [5.74, 6) is 1.77. The Morgan fingerprint density at radius 2 is 1.75 bits per heavy atom. The Morgan fingerprint density at radius 3 is 2.38 bits per heavy atom. The Morgan fingerprint density at radius 1 is 1.00 bits per heavy atom. The van der Waals surface area contributed by atoms with Gasteiger partial charge in [-0.15, -0.1) is 0 Å². The Bertz CT molecular complexity index is 1300. The quantitative estimate of drug-likeness (QED) is 0.420. The van der Waals surface area contributed by atoms with Crippen LogP contribution in [0.5, 0.6) is 17.2 Å². The van der Waals surface area contributed by atoms with Crippen LogP contribution < -0.4 is 25.7 Å². The van der Waals surface area contributed by atoms with Crippen molar-refractivity contribution in [3.63, 3.8) is 0 Å². The first kappa shape index (κ1) is 21.0. The second-order valence-electron chi connectivity index (χ2n) is 7.00. The highest BCUT2D eigenvalue weighted by atomic mass is 16.5. The number of ether oxygens (including phenoxy) is 3. The molecule has 0 bridgehead atoms. The van der Waals surface area contributed by atoms with Gasteiger partial charge in [0, 0.05) is 29.1 Å². The lowest BCUT2D eigenvalue weighted by Gasteiger charge is -2.12. The number of aromatic nitrogens is 2. The molecule has 0 unspecified atom stereocenters. The largest absolute Gasteiger partial charge is 0.497 e. The maximum absolute atomic E-state index is 13.1. The van der Waals surface area contributed by atoms with Crippen molar-refractivity contribution in [2.24, 2.45) is 0 Å². The molecule has 4 rings (SSSR count). The number of benzene rings is 2. The number of rotatable bonds is 7. The van der Waals surface area contributed by atoms with E-state index in [0.29, 0.717) is 45.8 Å². The molecular weight excluding hydrogens is 412 g/mol. The number of nitrogens with zero attached hydrogens (tertiary/aromatic N) is 2. The first-order valence-corrected chi connectivity index (χ1v) is 9.68. The van der Waals surface area contributed by atoms with Crippen LogP contribution >= 0.6 is 0 Å². The normalized spacial score (nSPS) is 10.8. The highest BCUT2D eigenvalue weighted by Gasteiger charge is 2.23. The SMILES string of the molecule is COc1ccc(C(=O)c2cc3c(Cc4cnc(N)nc4N)cc(OC)c(OC)c3o2)cc1. The minimum Gasteiger partial charge on any atom is -0.497 e. The number of ketones is 1. The fourth-order valence-electron chi connectivity index (χ4n) is 3.48. The highest BCUT2D eigenvalue weighted by Crippen LogP contribution is 2.41. The van der Waals surface area contributed by atoms with Gasteiger partial charge in [-0.25, -0.2) is 4.98 Å². The molecule has 0 saturated heterocycles. The van der Waals surface area contributed by atoms with Crippen molar-refractivity contribution in [2.45, 2.75) is 6.42 Å². The maximum Gasteiger partial charge on any atom is 0.228 e. The summed E-state index contributed by atoms with van der Waals surface area (Å²) < 4.78 is 22.1. The monoisotopic (exact) mass is 434 g/mol. The van der Waals surface area contributed by atoms with E-state index in [1.54, 1.807) is 43.6 Å². The van der Waals surface area contributed by atoms with E-state index in [0.717, 1.165) is 5.56 Å². The molecule has 0 aliphatic heterocycles. The first-order chi connectivity index (χ1) is 15.4. The number of nitrogen functional groups attached to an aromatic ring is 2. The van der Waals surface area contributed by atoms with E-state index in [2.05, 4.69) is 9.97 Å². The van der Waals surface area contributed by atoms with Crippen LogP contribution in [0.4, 0.5) is 11.8 Å². The van der Waals surface area contributed by atoms with Crippen LogP contribution in [-0.4, -0.2) is 37.1 Å². The summed E-state index contributed by atoms with van der Waals surface area (Å²) in [6.45, 7) is 0. The lowest BCUT2D eigenvalue weighted by Crippen LogP contribution is -2.04. The van der Waals surface area contributed by atoms with Crippen LogP contribution in [0.3, 0.4) is 0 Å². The lowest BCUT2D eigenvalue weighted by molar-refractivity contribution is 0.101. The van der Waals surface area contributed by atoms with Gasteiger partial charge in [-0.1, -0.05) is 0 Å². The zero-order chi connectivity index (χ0) is 22.8. The van der Waals surface area contributed by atoms with Crippen LogP contribution in [0.25, 0.3) is 11.0 Å². The predicted molar refractivity (Wildman–Crippen MR) is 119 cm³/mol. The van der Waals surface area contributed by atoms with Gasteiger partial charge in [0.2, 0.25) is 17.5 Å². The molecule has 2 aromatic heterocycles. The molecule has 0 aliphatic rings. The highest BCUT2D eigenvalue weighted by molar-refractivity contribution is 6.09. The number of furan rings is 1. The number of hydrogen-bond donors (Lipinski definition) is 2. The molecular formula is C23H22N4O5. The maximum atomic E-state index is 13.1. The fourth-order valence-corrected chi connectivity index (χ4v) is 3.48. The summed E-state index contributed by atoms with van der Waals surface area (Å²) in [4.78, 5) is 21.1. The third kappa shape index (κ3) is 3.76. The van der Waals surface area contributed by atoms with E-state index in [1.807, 2.05) is 6.07 Å². The molecule has 0 atom stereocenters. The van der Waals surface area contributed by atoms with Crippen LogP contribution in [-0.2, 0) is 6.42 Å². The van der Waals surface area contributed by atoms with Crippen molar-refractivity contribution in [3.05, 3.63) is 65.0 Å². The molecule has 4 aromatic rings. The van der Waals surface area contributed by atoms with Crippen molar-refractivity contribution in [2.75, 3.05) is 32.8 Å². The topological polar surface area (TPSA) is 136 Å². The summed E-state index contributed by atoms with van der Waals surface area (Å²) in [5.41, 5.74) is 14.0.